The summed E-state index contributed by atoms with van der Waals surface area (Å²) in [6.45, 7) is 7.83. The van der Waals surface area contributed by atoms with E-state index in [0.29, 0.717) is 22.8 Å². The molecule has 1 amide bonds. The van der Waals surface area contributed by atoms with Crippen molar-refractivity contribution >= 4 is 17.7 Å². The molecular weight excluding hydrogens is 393 g/mol. The number of hydrogen-bond acceptors (Lipinski definition) is 5. The molecule has 0 aliphatic carbocycles. The molecule has 1 aromatic carbocycles. The number of carbonyl (C=O) groups is 1. The second-order valence-electron chi connectivity index (χ2n) is 7.87. The topological polar surface area (TPSA) is 84.1 Å². The Labute approximate surface area is 174 Å². The Morgan fingerprint density at radius 3 is 2.62 bits per heavy atom. The largest absolute Gasteiger partial charge is 0.488 e. The number of halogens is 1. The number of carbonyl (C=O) groups excluding carboxylic acids is 1. The smallest absolute Gasteiger partial charge is 0.254 e. The van der Waals surface area contributed by atoms with Crippen LogP contribution in [0.1, 0.15) is 38.4 Å². The van der Waals surface area contributed by atoms with Gasteiger partial charge in [-0.15, -0.1) is 0 Å². The molecular formula is C21H28FN3O3S. The monoisotopic (exact) mass is 421 g/mol. The number of aryl methyl sites for hydroxylation is 1. The van der Waals surface area contributed by atoms with Crippen LogP contribution in [0.4, 0.5) is 4.39 Å². The summed E-state index contributed by atoms with van der Waals surface area (Å²) < 4.78 is 19.4. The molecule has 29 heavy (non-hydrogen) atoms. The molecule has 1 heterocycles. The minimum Gasteiger partial charge on any atom is -0.488 e. The molecule has 0 radical (unpaired) electrons. The second kappa shape index (κ2) is 9.91. The van der Waals surface area contributed by atoms with Gasteiger partial charge in [-0.2, -0.15) is 0 Å². The predicted molar refractivity (Wildman–Crippen MR) is 113 cm³/mol. The van der Waals surface area contributed by atoms with Gasteiger partial charge in [0.1, 0.15) is 6.61 Å². The quantitative estimate of drug-likeness (QED) is 0.504. The van der Waals surface area contributed by atoms with Crippen LogP contribution in [0.15, 0.2) is 34.2 Å². The van der Waals surface area contributed by atoms with Crippen molar-refractivity contribution in [1.82, 2.24) is 15.3 Å². The lowest BCUT2D eigenvalue weighted by Gasteiger charge is -2.31. The molecule has 1 unspecified atom stereocenters. The molecule has 2 aromatic rings. The Hall–Kier alpha value is -2.35. The summed E-state index contributed by atoms with van der Waals surface area (Å²) in [5.41, 5.74) is 0.620. The average molecular weight is 422 g/mol. The highest BCUT2D eigenvalue weighted by atomic mass is 32.2. The van der Waals surface area contributed by atoms with Crippen LogP contribution < -0.4 is 15.6 Å². The van der Waals surface area contributed by atoms with Gasteiger partial charge in [-0.25, -0.2) is 9.37 Å². The molecule has 6 nitrogen and oxygen atoms in total. The van der Waals surface area contributed by atoms with Gasteiger partial charge in [0, 0.05) is 17.7 Å². The molecule has 158 valence electrons. The van der Waals surface area contributed by atoms with E-state index < -0.39 is 5.82 Å². The fourth-order valence-corrected chi connectivity index (χ4v) is 3.15. The number of benzene rings is 1. The minimum absolute atomic E-state index is 0.139. The van der Waals surface area contributed by atoms with E-state index >= 15 is 0 Å². The van der Waals surface area contributed by atoms with Crippen molar-refractivity contribution in [2.75, 3.05) is 12.9 Å². The molecule has 2 rings (SSSR count). The lowest BCUT2D eigenvalue weighted by atomic mass is 9.87. The number of nitrogens with zero attached hydrogens (tertiary/aromatic N) is 1. The molecule has 0 spiro atoms. The van der Waals surface area contributed by atoms with Gasteiger partial charge in [0.05, 0.1) is 6.04 Å². The highest BCUT2D eigenvalue weighted by Gasteiger charge is 2.27. The van der Waals surface area contributed by atoms with Crippen molar-refractivity contribution in [3.8, 4) is 5.75 Å². The van der Waals surface area contributed by atoms with E-state index in [2.05, 4.69) is 15.3 Å². The second-order valence-corrected chi connectivity index (χ2v) is 8.66. The van der Waals surface area contributed by atoms with E-state index in [1.807, 2.05) is 27.0 Å². The third-order valence-corrected chi connectivity index (χ3v) is 5.20. The summed E-state index contributed by atoms with van der Waals surface area (Å²) in [6, 6.07) is 5.84. The van der Waals surface area contributed by atoms with Gasteiger partial charge in [0.2, 0.25) is 5.91 Å². The molecule has 8 heteroatoms. The average Bonchev–Trinajstić information content (AvgIpc) is 2.64. The third kappa shape index (κ3) is 6.59. The molecule has 0 fully saturated rings. The number of amides is 1. The van der Waals surface area contributed by atoms with Gasteiger partial charge in [-0.05, 0) is 37.1 Å². The number of para-hydroxylation sites is 1. The predicted octanol–water partition coefficient (Wildman–Crippen LogP) is 3.48. The zero-order valence-corrected chi connectivity index (χ0v) is 18.3. The Balaban J connectivity index is 2.00. The maximum atomic E-state index is 13.8. The number of hydrogen-bond donors (Lipinski definition) is 2. The SMILES string of the molecule is CSc1nc(C)c(CCC(=O)NC(COc2ccccc2F)C(C)(C)C)c(=O)[nH]1. The van der Waals surface area contributed by atoms with Crippen molar-refractivity contribution < 1.29 is 13.9 Å². The van der Waals surface area contributed by atoms with E-state index in [4.69, 9.17) is 4.74 Å². The number of aromatic amines is 1. The fraction of sp³-hybridized carbons (Fsp3) is 0.476. The molecule has 0 saturated heterocycles. The van der Waals surface area contributed by atoms with Gasteiger partial charge in [0.15, 0.2) is 16.7 Å². The van der Waals surface area contributed by atoms with Gasteiger partial charge < -0.3 is 15.0 Å². The van der Waals surface area contributed by atoms with Crippen molar-refractivity contribution in [2.45, 2.75) is 51.7 Å². The van der Waals surface area contributed by atoms with Crippen molar-refractivity contribution in [3.63, 3.8) is 0 Å². The normalized spacial score (nSPS) is 12.5. The van der Waals surface area contributed by atoms with E-state index in [0.717, 1.165) is 0 Å². The molecule has 0 saturated carbocycles. The molecule has 1 aromatic heterocycles. The van der Waals surface area contributed by atoms with Gasteiger partial charge >= 0.3 is 0 Å². The lowest BCUT2D eigenvalue weighted by Crippen LogP contribution is -2.47. The summed E-state index contributed by atoms with van der Waals surface area (Å²) in [4.78, 5) is 31.8. The van der Waals surface area contributed by atoms with Crippen LogP contribution in [0, 0.1) is 18.2 Å². The first-order valence-electron chi connectivity index (χ1n) is 9.42. The maximum Gasteiger partial charge on any atom is 0.254 e. The first-order valence-corrected chi connectivity index (χ1v) is 10.6. The highest BCUT2D eigenvalue weighted by Crippen LogP contribution is 2.22. The van der Waals surface area contributed by atoms with Crippen molar-refractivity contribution in [2.24, 2.45) is 5.41 Å². The maximum absolute atomic E-state index is 13.8. The zero-order valence-electron chi connectivity index (χ0n) is 17.5. The number of H-pyrrole nitrogens is 1. The summed E-state index contributed by atoms with van der Waals surface area (Å²) in [7, 11) is 0. The summed E-state index contributed by atoms with van der Waals surface area (Å²) >= 11 is 1.36. The Morgan fingerprint density at radius 2 is 2.03 bits per heavy atom. The Morgan fingerprint density at radius 1 is 1.34 bits per heavy atom. The van der Waals surface area contributed by atoms with Crippen LogP contribution in [0.3, 0.4) is 0 Å². The summed E-state index contributed by atoms with van der Waals surface area (Å²) in [6.07, 6.45) is 2.27. The number of thioether (sulfide) groups is 1. The van der Waals surface area contributed by atoms with Crippen LogP contribution in [-0.4, -0.2) is 34.8 Å². The van der Waals surface area contributed by atoms with Crippen molar-refractivity contribution in [1.29, 1.82) is 0 Å². The van der Waals surface area contributed by atoms with Gasteiger partial charge in [-0.1, -0.05) is 44.7 Å². The molecule has 1 atom stereocenters. The van der Waals surface area contributed by atoms with E-state index in [-0.39, 0.29) is 41.7 Å². The number of nitrogens with one attached hydrogen (secondary N) is 2. The van der Waals surface area contributed by atoms with Gasteiger partial charge in [0.25, 0.3) is 5.56 Å². The number of aromatic nitrogens is 2. The number of rotatable bonds is 8. The minimum atomic E-state index is -0.442. The van der Waals surface area contributed by atoms with Crippen LogP contribution in [0.5, 0.6) is 5.75 Å². The Bertz CT molecular complexity index is 909. The first kappa shape index (κ1) is 22.9. The van der Waals surface area contributed by atoms with Crippen LogP contribution >= 0.6 is 11.8 Å². The molecule has 0 bridgehead atoms. The Kier molecular flexibility index (Phi) is 7.84. The van der Waals surface area contributed by atoms with Crippen LogP contribution in [0.2, 0.25) is 0 Å². The first-order chi connectivity index (χ1) is 13.6. The zero-order chi connectivity index (χ0) is 21.6. The lowest BCUT2D eigenvalue weighted by molar-refractivity contribution is -0.122. The van der Waals surface area contributed by atoms with Crippen molar-refractivity contribution in [3.05, 3.63) is 51.7 Å². The highest BCUT2D eigenvalue weighted by molar-refractivity contribution is 7.98. The molecule has 0 aliphatic rings. The van der Waals surface area contributed by atoms with E-state index in [9.17, 15) is 14.0 Å². The van der Waals surface area contributed by atoms with E-state index in [1.165, 1.54) is 17.8 Å². The fourth-order valence-electron chi connectivity index (χ4n) is 2.72. The standard InChI is InChI=1S/C21H28FN3O3S/c1-13-14(19(27)25-20(23-13)29-5)10-11-18(26)24-17(21(2,3)4)12-28-16-9-7-6-8-15(16)22/h6-9,17H,10-12H2,1-5H3,(H,24,26)(H,23,25,27). The summed E-state index contributed by atoms with van der Waals surface area (Å²) in [5.74, 6) is -0.490. The van der Waals surface area contributed by atoms with Gasteiger partial charge in [-0.3, -0.25) is 9.59 Å². The molecule has 2 N–H and O–H groups in total. The summed E-state index contributed by atoms with van der Waals surface area (Å²) in [5, 5.41) is 3.51. The van der Waals surface area contributed by atoms with Crippen LogP contribution in [-0.2, 0) is 11.2 Å². The number of ether oxygens (including phenoxy) is 1. The third-order valence-electron chi connectivity index (χ3n) is 4.62. The van der Waals surface area contributed by atoms with E-state index in [1.54, 1.807) is 25.1 Å². The molecule has 0 aliphatic heterocycles. The van der Waals surface area contributed by atoms with Crippen LogP contribution in [0.25, 0.3) is 0 Å².